The number of amides is 1. The summed E-state index contributed by atoms with van der Waals surface area (Å²) in [7, 11) is -4.54. The zero-order valence-electron chi connectivity index (χ0n) is 20.2. The number of carbonyl (C=O) groups excluding carboxylic acids is 1. The van der Waals surface area contributed by atoms with E-state index < -0.39 is 24.8 Å². The molecule has 0 bridgehead atoms. The predicted octanol–water partition coefficient (Wildman–Crippen LogP) is 2.03. The van der Waals surface area contributed by atoms with Crippen LogP contribution >= 0.6 is 7.60 Å². The first-order valence-corrected chi connectivity index (χ1v) is 13.1. The second-order valence-electron chi connectivity index (χ2n) is 8.83. The van der Waals surface area contributed by atoms with Crippen molar-refractivity contribution in [1.29, 1.82) is 5.26 Å². The van der Waals surface area contributed by atoms with Gasteiger partial charge < -0.3 is 15.1 Å². The van der Waals surface area contributed by atoms with E-state index in [0.717, 1.165) is 16.7 Å². The van der Waals surface area contributed by atoms with Crippen molar-refractivity contribution in [2.24, 2.45) is 0 Å². The van der Waals surface area contributed by atoms with E-state index in [9.17, 15) is 19.1 Å². The van der Waals surface area contributed by atoms with E-state index in [2.05, 4.69) is 26.2 Å². The Hall–Kier alpha value is -3.42. The number of hydrogen-bond donors (Lipinski definition) is 4. The maximum Gasteiger partial charge on any atom is 0.344 e. The van der Waals surface area contributed by atoms with Crippen LogP contribution in [0.4, 0.5) is 0 Å². The Morgan fingerprint density at radius 1 is 1.14 bits per heavy atom. The van der Waals surface area contributed by atoms with Crippen LogP contribution in [0.5, 0.6) is 0 Å². The molecule has 3 aromatic rings. The Bertz CT molecular complexity index is 1230. The summed E-state index contributed by atoms with van der Waals surface area (Å²) in [6.07, 6.45) is 0.825. The normalized spacial score (nSPS) is 12.6. The Morgan fingerprint density at radius 3 is 2.44 bits per heavy atom. The van der Waals surface area contributed by atoms with Gasteiger partial charge in [-0.3, -0.25) is 14.7 Å². The lowest BCUT2D eigenvalue weighted by molar-refractivity contribution is -0.123. The van der Waals surface area contributed by atoms with Gasteiger partial charge in [-0.2, -0.15) is 5.26 Å². The van der Waals surface area contributed by atoms with Gasteiger partial charge >= 0.3 is 7.60 Å². The molecule has 0 spiro atoms. The van der Waals surface area contributed by atoms with E-state index in [0.29, 0.717) is 18.8 Å². The highest BCUT2D eigenvalue weighted by atomic mass is 31.2. The van der Waals surface area contributed by atoms with Crippen molar-refractivity contribution in [3.05, 3.63) is 66.0 Å². The summed E-state index contributed by atoms with van der Waals surface area (Å²) >= 11 is 0. The number of tetrazole rings is 1. The molecule has 1 heterocycles. The topological polar surface area (TPSA) is 166 Å². The Kier molecular flexibility index (Phi) is 9.07. The summed E-state index contributed by atoms with van der Waals surface area (Å²) in [6.45, 7) is 3.31. The summed E-state index contributed by atoms with van der Waals surface area (Å²) in [5, 5.41) is 24.2. The Balaban J connectivity index is 1.70. The molecule has 1 amide bonds. The average molecular weight is 512 g/mol. The molecular weight excluding hydrogens is 481 g/mol. The fourth-order valence-electron chi connectivity index (χ4n) is 3.57. The fraction of sp³-hybridized carbons (Fsp3) is 0.375. The number of carbonyl (C=O) groups is 1. The van der Waals surface area contributed by atoms with Crippen LogP contribution in [0.1, 0.15) is 31.7 Å². The maximum atomic E-state index is 13.1. The molecule has 36 heavy (non-hydrogen) atoms. The third-order valence-corrected chi connectivity index (χ3v) is 7.35. The molecule has 0 saturated carbocycles. The van der Waals surface area contributed by atoms with E-state index >= 15 is 0 Å². The molecule has 4 N–H and O–H groups in total. The molecule has 1 atom stereocenters. The van der Waals surface area contributed by atoms with Crippen LogP contribution in [-0.2, 0) is 28.7 Å². The third kappa shape index (κ3) is 7.29. The van der Waals surface area contributed by atoms with E-state index in [1.54, 1.807) is 0 Å². The highest BCUT2D eigenvalue weighted by Gasteiger charge is 2.40. The molecule has 190 valence electrons. The molecule has 0 saturated heterocycles. The number of hydrogen-bond acceptors (Lipinski definition) is 7. The molecule has 12 heteroatoms. The van der Waals surface area contributed by atoms with Crippen LogP contribution in [0.3, 0.4) is 0 Å². The zero-order valence-corrected chi connectivity index (χ0v) is 21.1. The third-order valence-electron chi connectivity index (χ3n) is 5.76. The smallest absolute Gasteiger partial charge is 0.344 e. The number of aromatic nitrogens is 4. The number of benzene rings is 2. The summed E-state index contributed by atoms with van der Waals surface area (Å²) in [6, 6.07) is 18.7. The van der Waals surface area contributed by atoms with Gasteiger partial charge in [0.25, 0.3) is 0 Å². The molecule has 0 fully saturated rings. The number of nitrogens with zero attached hydrogens (tertiary/aromatic N) is 5. The van der Waals surface area contributed by atoms with Crippen molar-refractivity contribution in [3.8, 4) is 17.2 Å². The molecular formula is C24H30N7O4P. The quantitative estimate of drug-likeness (QED) is 0.266. The number of aryl methyl sites for hydroxylation is 1. The van der Waals surface area contributed by atoms with Crippen LogP contribution in [0, 0.1) is 11.3 Å². The first-order chi connectivity index (χ1) is 17.1. The lowest BCUT2D eigenvalue weighted by Gasteiger charge is -2.32. The van der Waals surface area contributed by atoms with Crippen molar-refractivity contribution < 1.29 is 19.1 Å². The van der Waals surface area contributed by atoms with Crippen molar-refractivity contribution in [3.63, 3.8) is 0 Å². The van der Waals surface area contributed by atoms with Gasteiger partial charge in [-0.1, -0.05) is 54.6 Å². The van der Waals surface area contributed by atoms with Crippen LogP contribution in [0.25, 0.3) is 11.1 Å². The van der Waals surface area contributed by atoms with Crippen molar-refractivity contribution in [2.45, 2.75) is 51.0 Å². The summed E-state index contributed by atoms with van der Waals surface area (Å²) in [5.74, 6) is 0.127. The van der Waals surface area contributed by atoms with Crippen LogP contribution in [-0.4, -0.2) is 53.8 Å². The van der Waals surface area contributed by atoms with E-state index in [-0.39, 0.29) is 19.4 Å². The van der Waals surface area contributed by atoms with Gasteiger partial charge in [0.1, 0.15) is 5.28 Å². The number of rotatable bonds is 12. The fourth-order valence-corrected chi connectivity index (χ4v) is 3.90. The lowest BCUT2D eigenvalue weighted by Crippen LogP contribution is -2.54. The molecule has 3 rings (SSSR count). The molecule has 2 aromatic carbocycles. The minimum Gasteiger partial charge on any atom is -0.354 e. The summed E-state index contributed by atoms with van der Waals surface area (Å²) in [5.41, 5.74) is 2.93. The van der Waals surface area contributed by atoms with Gasteiger partial charge in [-0.15, -0.1) is 5.10 Å². The first kappa shape index (κ1) is 27.2. The Labute approximate surface area is 209 Å². The van der Waals surface area contributed by atoms with Crippen LogP contribution in [0.15, 0.2) is 54.6 Å². The van der Waals surface area contributed by atoms with Crippen molar-refractivity contribution in [1.82, 2.24) is 30.8 Å². The molecule has 1 unspecified atom stereocenters. The lowest BCUT2D eigenvalue weighted by atomic mass is 10.00. The van der Waals surface area contributed by atoms with Gasteiger partial charge in [-0.25, -0.2) is 4.68 Å². The largest absolute Gasteiger partial charge is 0.354 e. The number of nitriles is 1. The van der Waals surface area contributed by atoms with Gasteiger partial charge in [0.05, 0.1) is 25.1 Å². The summed E-state index contributed by atoms with van der Waals surface area (Å²) in [4.78, 5) is 32.7. The SMILES string of the molecule is CC(C)(NC(Cc1ccc(-c2ccccc2)cc1)C(=O)NCCc1nnnn1CCC#N)P(=O)(O)O. The molecule has 0 radical (unpaired) electrons. The van der Waals surface area contributed by atoms with Gasteiger partial charge in [0.15, 0.2) is 5.82 Å². The highest BCUT2D eigenvalue weighted by Crippen LogP contribution is 2.48. The maximum absolute atomic E-state index is 13.1. The molecule has 0 aliphatic heterocycles. The van der Waals surface area contributed by atoms with Gasteiger partial charge in [-0.05, 0) is 47.4 Å². The standard InChI is InChI=1S/C24H30N7O4P/c1-24(2,36(33,34)35)27-21(17-18-9-11-20(12-10-18)19-7-4-3-5-8-19)23(32)26-15-13-22-28-29-30-31(22)16-6-14-25/h3-5,7-12,21,27H,6,13,15-17H2,1-2H3,(H,26,32)(H2,33,34,35). The Morgan fingerprint density at radius 2 is 1.81 bits per heavy atom. The summed E-state index contributed by atoms with van der Waals surface area (Å²) < 4.78 is 13.5. The number of nitrogens with one attached hydrogen (secondary N) is 2. The van der Waals surface area contributed by atoms with Crippen molar-refractivity contribution in [2.75, 3.05) is 6.54 Å². The predicted molar refractivity (Wildman–Crippen MR) is 133 cm³/mol. The molecule has 0 aliphatic rings. The second-order valence-corrected chi connectivity index (χ2v) is 11.0. The second kappa shape index (κ2) is 12.0. The van der Waals surface area contributed by atoms with Crippen LogP contribution in [0.2, 0.25) is 0 Å². The highest BCUT2D eigenvalue weighted by molar-refractivity contribution is 7.53. The molecule has 1 aromatic heterocycles. The van der Waals surface area contributed by atoms with Gasteiger partial charge in [0.2, 0.25) is 5.91 Å². The first-order valence-electron chi connectivity index (χ1n) is 11.5. The molecule has 11 nitrogen and oxygen atoms in total. The monoisotopic (exact) mass is 511 g/mol. The van der Waals surface area contributed by atoms with Gasteiger partial charge in [0, 0.05) is 13.0 Å². The average Bonchev–Trinajstić information content (AvgIpc) is 3.29. The zero-order chi connectivity index (χ0) is 26.2. The molecule has 0 aliphatic carbocycles. The minimum absolute atomic E-state index is 0.216. The van der Waals surface area contributed by atoms with Crippen LogP contribution < -0.4 is 10.6 Å². The van der Waals surface area contributed by atoms with E-state index in [1.165, 1.54) is 18.5 Å². The van der Waals surface area contributed by atoms with E-state index in [1.807, 2.05) is 60.7 Å². The van der Waals surface area contributed by atoms with Crippen molar-refractivity contribution >= 4 is 13.5 Å². The minimum atomic E-state index is -4.54. The van der Waals surface area contributed by atoms with E-state index in [4.69, 9.17) is 5.26 Å².